The number of carbonyl (C=O) groups excluding carboxylic acids is 1. The fraction of sp³-hybridized carbons (Fsp3) is 0.562. The Bertz CT molecular complexity index is 584. The molecule has 4 nitrogen and oxygen atoms in total. The molecule has 2 rings (SSSR count). The van der Waals surface area contributed by atoms with Gasteiger partial charge < -0.3 is 5.32 Å². The summed E-state index contributed by atoms with van der Waals surface area (Å²) in [5, 5.41) is 3.24. The van der Waals surface area contributed by atoms with Crippen molar-refractivity contribution in [2.24, 2.45) is 11.8 Å². The Morgan fingerprint density at radius 1 is 1.19 bits per heavy atom. The minimum absolute atomic E-state index is 0.0596. The standard InChI is InChI=1S/C16H23NO3S/c1-12(2)11-21(19,20)15-5-3-13(4-6-15)16(18)14-7-9-17-10-8-14/h3-6,12,14,17H,7-11H2,1-2H3. The number of nitrogens with one attached hydrogen (secondary N) is 1. The molecule has 0 saturated carbocycles. The number of benzene rings is 1. The summed E-state index contributed by atoms with van der Waals surface area (Å²) in [7, 11) is -3.25. The molecule has 0 atom stereocenters. The summed E-state index contributed by atoms with van der Waals surface area (Å²) < 4.78 is 24.3. The highest BCUT2D eigenvalue weighted by atomic mass is 32.2. The van der Waals surface area contributed by atoms with Crippen molar-refractivity contribution in [2.45, 2.75) is 31.6 Å². The van der Waals surface area contributed by atoms with Crippen LogP contribution < -0.4 is 5.32 Å². The molecule has 1 aliphatic rings. The van der Waals surface area contributed by atoms with E-state index in [-0.39, 0.29) is 23.4 Å². The third kappa shape index (κ3) is 4.14. The Kier molecular flexibility index (Phi) is 5.17. The molecule has 1 aliphatic heterocycles. The van der Waals surface area contributed by atoms with Gasteiger partial charge in [-0.3, -0.25) is 4.79 Å². The maximum Gasteiger partial charge on any atom is 0.178 e. The maximum atomic E-state index is 12.4. The van der Waals surface area contributed by atoms with Crippen molar-refractivity contribution in [1.82, 2.24) is 5.32 Å². The molecule has 0 unspecified atom stereocenters. The molecule has 0 aromatic heterocycles. The van der Waals surface area contributed by atoms with Gasteiger partial charge in [0.05, 0.1) is 10.6 Å². The highest BCUT2D eigenvalue weighted by molar-refractivity contribution is 7.91. The molecule has 1 fully saturated rings. The van der Waals surface area contributed by atoms with E-state index >= 15 is 0 Å². The van der Waals surface area contributed by atoms with Crippen LogP contribution in [0.5, 0.6) is 0 Å². The van der Waals surface area contributed by atoms with Gasteiger partial charge in [0, 0.05) is 11.5 Å². The molecule has 5 heteroatoms. The molecule has 0 bridgehead atoms. The van der Waals surface area contributed by atoms with Crippen LogP contribution in [0.1, 0.15) is 37.0 Å². The first-order valence-corrected chi connectivity index (χ1v) is 9.13. The van der Waals surface area contributed by atoms with E-state index in [1.54, 1.807) is 24.3 Å². The summed E-state index contributed by atoms with van der Waals surface area (Å²) in [5.74, 6) is 0.411. The van der Waals surface area contributed by atoms with Crippen molar-refractivity contribution in [2.75, 3.05) is 18.8 Å². The number of rotatable bonds is 5. The molecule has 0 aliphatic carbocycles. The molecule has 1 heterocycles. The van der Waals surface area contributed by atoms with Crippen molar-refractivity contribution in [3.05, 3.63) is 29.8 Å². The van der Waals surface area contributed by atoms with Crippen LogP contribution in [0.15, 0.2) is 29.2 Å². The van der Waals surface area contributed by atoms with Gasteiger partial charge in [-0.2, -0.15) is 0 Å². The van der Waals surface area contributed by atoms with E-state index in [4.69, 9.17) is 0 Å². The lowest BCUT2D eigenvalue weighted by molar-refractivity contribution is 0.0895. The monoisotopic (exact) mass is 309 g/mol. The molecule has 1 aromatic carbocycles. The van der Waals surface area contributed by atoms with Crippen LogP contribution in [0, 0.1) is 11.8 Å². The van der Waals surface area contributed by atoms with Gasteiger partial charge in [-0.1, -0.05) is 26.0 Å². The molecule has 0 radical (unpaired) electrons. The van der Waals surface area contributed by atoms with E-state index in [9.17, 15) is 13.2 Å². The summed E-state index contributed by atoms with van der Waals surface area (Å²) in [4.78, 5) is 12.7. The minimum Gasteiger partial charge on any atom is -0.317 e. The first-order chi connectivity index (χ1) is 9.90. The molecule has 1 aromatic rings. The van der Waals surface area contributed by atoms with Crippen molar-refractivity contribution in [3.8, 4) is 0 Å². The Labute approximate surface area is 126 Å². The fourth-order valence-corrected chi connectivity index (χ4v) is 4.30. The number of hydrogen-bond donors (Lipinski definition) is 1. The topological polar surface area (TPSA) is 63.2 Å². The first-order valence-electron chi connectivity index (χ1n) is 7.48. The molecule has 0 amide bonds. The summed E-state index contributed by atoms with van der Waals surface area (Å²) in [6, 6.07) is 6.42. The van der Waals surface area contributed by atoms with Crippen LogP contribution in [0.3, 0.4) is 0 Å². The lowest BCUT2D eigenvalue weighted by Crippen LogP contribution is -2.31. The minimum atomic E-state index is -3.25. The SMILES string of the molecule is CC(C)CS(=O)(=O)c1ccc(C(=O)C2CCNCC2)cc1. The average Bonchev–Trinajstić information content (AvgIpc) is 2.46. The highest BCUT2D eigenvalue weighted by Gasteiger charge is 2.23. The largest absolute Gasteiger partial charge is 0.317 e. The van der Waals surface area contributed by atoms with Crippen LogP contribution in [0.4, 0.5) is 0 Å². The van der Waals surface area contributed by atoms with Crippen LogP contribution >= 0.6 is 0 Å². The zero-order chi connectivity index (χ0) is 15.5. The Balaban J connectivity index is 2.13. The lowest BCUT2D eigenvalue weighted by atomic mass is 9.90. The Morgan fingerprint density at radius 3 is 2.29 bits per heavy atom. The number of ketones is 1. The van der Waals surface area contributed by atoms with E-state index < -0.39 is 9.84 Å². The van der Waals surface area contributed by atoms with Gasteiger partial charge in [0.2, 0.25) is 0 Å². The number of Topliss-reactive ketones (excluding diaryl/α,β-unsaturated/α-hetero) is 1. The fourth-order valence-electron chi connectivity index (χ4n) is 2.68. The van der Waals surface area contributed by atoms with Gasteiger partial charge in [-0.05, 0) is 44.0 Å². The Hall–Kier alpha value is -1.20. The zero-order valence-corrected chi connectivity index (χ0v) is 13.4. The summed E-state index contributed by atoms with van der Waals surface area (Å²) in [6.45, 7) is 5.51. The van der Waals surface area contributed by atoms with E-state index in [1.807, 2.05) is 13.8 Å². The second-order valence-corrected chi connectivity index (χ2v) is 8.12. The predicted molar refractivity (Wildman–Crippen MR) is 83.3 cm³/mol. The summed E-state index contributed by atoms with van der Waals surface area (Å²) >= 11 is 0. The van der Waals surface area contributed by atoms with Crippen molar-refractivity contribution < 1.29 is 13.2 Å². The average molecular weight is 309 g/mol. The van der Waals surface area contributed by atoms with Gasteiger partial charge in [-0.25, -0.2) is 8.42 Å². The molecule has 0 spiro atoms. The van der Waals surface area contributed by atoms with Crippen molar-refractivity contribution >= 4 is 15.6 Å². The van der Waals surface area contributed by atoms with Gasteiger partial charge in [0.1, 0.15) is 0 Å². The van der Waals surface area contributed by atoms with Crippen molar-refractivity contribution in [3.63, 3.8) is 0 Å². The molecule has 1 N–H and O–H groups in total. The quantitative estimate of drug-likeness (QED) is 0.848. The van der Waals surface area contributed by atoms with Gasteiger partial charge >= 0.3 is 0 Å². The predicted octanol–water partition coefficient (Wildman–Crippen LogP) is 2.30. The van der Waals surface area contributed by atoms with Gasteiger partial charge in [-0.15, -0.1) is 0 Å². The second-order valence-electron chi connectivity index (χ2n) is 6.09. The van der Waals surface area contributed by atoms with Crippen LogP contribution in [-0.2, 0) is 9.84 Å². The number of sulfone groups is 1. The van der Waals surface area contributed by atoms with E-state index in [2.05, 4.69) is 5.32 Å². The molecular weight excluding hydrogens is 286 g/mol. The maximum absolute atomic E-state index is 12.4. The third-order valence-corrected chi connectivity index (χ3v) is 5.86. The highest BCUT2D eigenvalue weighted by Crippen LogP contribution is 2.20. The summed E-state index contributed by atoms with van der Waals surface area (Å²) in [6.07, 6.45) is 1.71. The lowest BCUT2D eigenvalue weighted by Gasteiger charge is -2.21. The summed E-state index contributed by atoms with van der Waals surface area (Å²) in [5.41, 5.74) is 0.616. The van der Waals surface area contributed by atoms with E-state index in [0.29, 0.717) is 10.5 Å². The number of piperidine rings is 1. The van der Waals surface area contributed by atoms with Crippen molar-refractivity contribution in [1.29, 1.82) is 0 Å². The molecule has 1 saturated heterocycles. The van der Waals surface area contributed by atoms with Crippen LogP contribution in [0.25, 0.3) is 0 Å². The Morgan fingerprint density at radius 2 is 1.76 bits per heavy atom. The van der Waals surface area contributed by atoms with E-state index in [0.717, 1.165) is 25.9 Å². The van der Waals surface area contributed by atoms with Crippen LogP contribution in [0.2, 0.25) is 0 Å². The molecular formula is C16H23NO3S. The van der Waals surface area contributed by atoms with Gasteiger partial charge in [0.25, 0.3) is 0 Å². The molecule has 116 valence electrons. The van der Waals surface area contributed by atoms with E-state index in [1.165, 1.54) is 0 Å². The van der Waals surface area contributed by atoms with Gasteiger partial charge in [0.15, 0.2) is 15.6 Å². The first kappa shape index (κ1) is 16.2. The normalized spacial score (nSPS) is 17.1. The third-order valence-electron chi connectivity index (χ3n) is 3.76. The molecule has 21 heavy (non-hydrogen) atoms. The van der Waals surface area contributed by atoms with Crippen LogP contribution in [-0.4, -0.2) is 33.0 Å². The zero-order valence-electron chi connectivity index (χ0n) is 12.6. The second kappa shape index (κ2) is 6.71. The number of hydrogen-bond acceptors (Lipinski definition) is 4. The smallest absolute Gasteiger partial charge is 0.178 e. The number of carbonyl (C=O) groups is 1.